The average Bonchev–Trinajstić information content (AvgIpc) is 3.00. The van der Waals surface area contributed by atoms with Gasteiger partial charge in [0.05, 0.1) is 16.3 Å². The van der Waals surface area contributed by atoms with Gasteiger partial charge in [0, 0.05) is 6.54 Å². The van der Waals surface area contributed by atoms with Crippen LogP contribution in [-0.4, -0.2) is 43.5 Å². The third kappa shape index (κ3) is 4.85. The molecule has 0 aliphatic carbocycles. The molecule has 1 saturated heterocycles. The number of rotatable bonds is 4. The number of nitrogens with zero attached hydrogens (tertiary/aromatic N) is 1. The second-order valence-electron chi connectivity index (χ2n) is 5.26. The zero-order valence-corrected chi connectivity index (χ0v) is 13.3. The first-order valence-corrected chi connectivity index (χ1v) is 8.34. The minimum Gasteiger partial charge on any atom is -0.351 e. The van der Waals surface area contributed by atoms with Crippen molar-refractivity contribution in [3.63, 3.8) is 0 Å². The zero-order valence-electron chi connectivity index (χ0n) is 12.5. The van der Waals surface area contributed by atoms with E-state index in [1.807, 2.05) is 12.1 Å². The van der Waals surface area contributed by atoms with Crippen molar-refractivity contribution in [1.82, 2.24) is 10.2 Å². The molecule has 0 bridgehead atoms. The molecule has 1 aliphatic rings. The Hall–Kier alpha value is -1.35. The van der Waals surface area contributed by atoms with Crippen LogP contribution in [0, 0.1) is 17.8 Å². The lowest BCUT2D eigenvalue weighted by Crippen LogP contribution is -2.38. The van der Waals surface area contributed by atoms with Gasteiger partial charge in [0.2, 0.25) is 0 Å². The average molecular weight is 305 g/mol. The highest BCUT2D eigenvalue weighted by Gasteiger charge is 2.19. The lowest BCUT2D eigenvalue weighted by molar-refractivity contribution is 0.0941. The second-order valence-corrected chi connectivity index (χ2v) is 6.34. The lowest BCUT2D eigenvalue weighted by Gasteiger charge is -2.30. The Morgan fingerprint density at radius 3 is 2.90 bits per heavy atom. The molecule has 2 heterocycles. The van der Waals surface area contributed by atoms with Crippen molar-refractivity contribution in [1.29, 1.82) is 0 Å². The van der Waals surface area contributed by atoms with E-state index in [1.165, 1.54) is 24.2 Å². The first-order valence-electron chi connectivity index (χ1n) is 7.52. The molecule has 21 heavy (non-hydrogen) atoms. The lowest BCUT2D eigenvalue weighted by atomic mass is 9.97. The number of nitrogens with one attached hydrogen (secondary N) is 1. The first kappa shape index (κ1) is 16.0. The third-order valence-corrected chi connectivity index (χ3v) is 4.85. The van der Waals surface area contributed by atoms with E-state index in [0.29, 0.717) is 12.5 Å². The van der Waals surface area contributed by atoms with Crippen LogP contribution in [0.1, 0.15) is 34.3 Å². The topological polar surface area (TPSA) is 58.4 Å². The molecule has 1 fully saturated rings. The van der Waals surface area contributed by atoms with Gasteiger partial charge in [-0.2, -0.15) is 0 Å². The minimum absolute atomic E-state index is 0.0127. The van der Waals surface area contributed by atoms with E-state index in [-0.39, 0.29) is 5.91 Å². The molecule has 1 amide bonds. The van der Waals surface area contributed by atoms with Crippen molar-refractivity contribution in [3.05, 3.63) is 21.9 Å². The van der Waals surface area contributed by atoms with Gasteiger partial charge >= 0.3 is 0 Å². The molecule has 0 atom stereocenters. The van der Waals surface area contributed by atoms with Crippen molar-refractivity contribution in [2.45, 2.75) is 19.8 Å². The standard InChI is InChI=1S/C16H23N3OS/c1-2-19-10-7-13(8-11-19)12-18-16(20)15-6-5-14(21-15)4-3-9-17/h5-6,13H,2,7-12,17H2,1H3,(H,18,20). The summed E-state index contributed by atoms with van der Waals surface area (Å²) in [6.45, 7) is 6.74. The summed E-state index contributed by atoms with van der Waals surface area (Å²) in [5.74, 6) is 6.37. The van der Waals surface area contributed by atoms with Crippen LogP contribution in [0.4, 0.5) is 0 Å². The molecule has 3 N–H and O–H groups in total. The quantitative estimate of drug-likeness (QED) is 0.829. The maximum atomic E-state index is 12.1. The molecule has 4 nitrogen and oxygen atoms in total. The predicted octanol–water partition coefficient (Wildman–Crippen LogP) is 1.52. The maximum absolute atomic E-state index is 12.1. The SMILES string of the molecule is CCN1CCC(CNC(=O)c2ccc(C#CCN)s2)CC1. The van der Waals surface area contributed by atoms with E-state index >= 15 is 0 Å². The highest BCUT2D eigenvalue weighted by molar-refractivity contribution is 7.14. The summed E-state index contributed by atoms with van der Waals surface area (Å²) in [6.07, 6.45) is 2.34. The fourth-order valence-corrected chi connectivity index (χ4v) is 3.29. The van der Waals surface area contributed by atoms with Crippen LogP contribution < -0.4 is 11.1 Å². The number of amides is 1. The van der Waals surface area contributed by atoms with Crippen molar-refractivity contribution in [2.75, 3.05) is 32.7 Å². The molecule has 0 unspecified atom stereocenters. The first-order chi connectivity index (χ1) is 10.2. The summed E-state index contributed by atoms with van der Waals surface area (Å²) >= 11 is 1.42. The summed E-state index contributed by atoms with van der Waals surface area (Å²) in [6, 6.07) is 3.71. The Bertz CT molecular complexity index is 521. The zero-order chi connectivity index (χ0) is 15.1. The van der Waals surface area contributed by atoms with E-state index in [4.69, 9.17) is 5.73 Å². The van der Waals surface area contributed by atoms with Crippen LogP contribution >= 0.6 is 11.3 Å². The highest BCUT2D eigenvalue weighted by Crippen LogP contribution is 2.18. The van der Waals surface area contributed by atoms with Gasteiger partial charge in [0.1, 0.15) is 0 Å². The Labute approximate surface area is 130 Å². The fraction of sp³-hybridized carbons (Fsp3) is 0.562. The largest absolute Gasteiger partial charge is 0.351 e. The van der Waals surface area contributed by atoms with Crippen LogP contribution in [0.25, 0.3) is 0 Å². The molecule has 2 rings (SSSR count). The van der Waals surface area contributed by atoms with Gasteiger partial charge in [-0.05, 0) is 50.5 Å². The Morgan fingerprint density at radius 1 is 1.48 bits per heavy atom. The van der Waals surface area contributed by atoms with Gasteiger partial charge in [-0.25, -0.2) is 0 Å². The third-order valence-electron chi connectivity index (χ3n) is 3.85. The highest BCUT2D eigenvalue weighted by atomic mass is 32.1. The Kier molecular flexibility index (Phi) is 6.24. The van der Waals surface area contributed by atoms with Crippen LogP contribution in [0.3, 0.4) is 0 Å². The van der Waals surface area contributed by atoms with Crippen LogP contribution in [-0.2, 0) is 0 Å². The van der Waals surface area contributed by atoms with E-state index in [2.05, 4.69) is 29.0 Å². The molecule has 1 aromatic heterocycles. The molecule has 0 radical (unpaired) electrons. The van der Waals surface area contributed by atoms with Crippen molar-refractivity contribution < 1.29 is 4.79 Å². The molecule has 0 spiro atoms. The Morgan fingerprint density at radius 2 is 2.24 bits per heavy atom. The summed E-state index contributed by atoms with van der Waals surface area (Å²) < 4.78 is 0. The molecule has 1 aromatic rings. The summed E-state index contributed by atoms with van der Waals surface area (Å²) in [4.78, 5) is 16.2. The Balaban J connectivity index is 1.78. The van der Waals surface area contributed by atoms with Crippen molar-refractivity contribution >= 4 is 17.2 Å². The van der Waals surface area contributed by atoms with Gasteiger partial charge in [-0.1, -0.05) is 18.8 Å². The van der Waals surface area contributed by atoms with Crippen molar-refractivity contribution in [3.8, 4) is 11.8 Å². The number of nitrogens with two attached hydrogens (primary N) is 1. The smallest absolute Gasteiger partial charge is 0.261 e. The number of carbonyl (C=O) groups excluding carboxylic acids is 1. The minimum atomic E-state index is 0.0127. The van der Waals surface area contributed by atoms with E-state index in [1.54, 1.807) is 0 Å². The number of thiophene rings is 1. The number of piperidine rings is 1. The normalized spacial score (nSPS) is 16.3. The summed E-state index contributed by atoms with van der Waals surface area (Å²) in [7, 11) is 0. The van der Waals surface area contributed by atoms with Crippen LogP contribution in [0.5, 0.6) is 0 Å². The molecular formula is C16H23N3OS. The maximum Gasteiger partial charge on any atom is 0.261 e. The van der Waals surface area contributed by atoms with E-state index in [0.717, 1.165) is 35.9 Å². The number of hydrogen-bond acceptors (Lipinski definition) is 4. The molecule has 1 aliphatic heterocycles. The molecule has 114 valence electrons. The monoisotopic (exact) mass is 305 g/mol. The number of likely N-dealkylation sites (tertiary alicyclic amines) is 1. The van der Waals surface area contributed by atoms with Crippen molar-refractivity contribution in [2.24, 2.45) is 11.7 Å². The molecular weight excluding hydrogens is 282 g/mol. The van der Waals surface area contributed by atoms with Gasteiger partial charge in [0.25, 0.3) is 5.91 Å². The fourth-order valence-electron chi connectivity index (χ4n) is 2.50. The van der Waals surface area contributed by atoms with Crippen LogP contribution in [0.2, 0.25) is 0 Å². The van der Waals surface area contributed by atoms with Gasteiger partial charge in [-0.15, -0.1) is 11.3 Å². The molecule has 5 heteroatoms. The van der Waals surface area contributed by atoms with Crippen LogP contribution in [0.15, 0.2) is 12.1 Å². The molecule has 0 aromatic carbocycles. The second kappa shape index (κ2) is 8.18. The number of carbonyl (C=O) groups is 1. The van der Waals surface area contributed by atoms with Gasteiger partial charge in [0.15, 0.2) is 0 Å². The number of hydrogen-bond donors (Lipinski definition) is 2. The molecule has 0 saturated carbocycles. The van der Waals surface area contributed by atoms with Gasteiger partial charge in [-0.3, -0.25) is 4.79 Å². The summed E-state index contributed by atoms with van der Waals surface area (Å²) in [5.41, 5.74) is 5.34. The van der Waals surface area contributed by atoms with E-state index < -0.39 is 0 Å². The predicted molar refractivity (Wildman–Crippen MR) is 87.4 cm³/mol. The summed E-state index contributed by atoms with van der Waals surface area (Å²) in [5, 5.41) is 3.05. The van der Waals surface area contributed by atoms with E-state index in [9.17, 15) is 4.79 Å². The van der Waals surface area contributed by atoms with Gasteiger partial charge < -0.3 is 16.0 Å².